The van der Waals surface area contributed by atoms with Crippen LogP contribution in [0.2, 0.25) is 0 Å². The monoisotopic (exact) mass is 1890 g/mol. The first-order chi connectivity index (χ1) is 74.9. The van der Waals surface area contributed by atoms with E-state index in [1.807, 2.05) is 170 Å². The Morgan fingerprint density at radius 3 is 0.653 bits per heavy atom. The van der Waals surface area contributed by atoms with E-state index in [-0.39, 0.29) is 29.7 Å². The molecule has 0 aliphatic heterocycles. The third-order valence-electron chi connectivity index (χ3n) is 26.6. The molecule has 21 aromatic carbocycles. The molecule has 27 rings (SSSR count). The van der Waals surface area contributed by atoms with Gasteiger partial charge in [-0.15, -0.1) is 0 Å². The molecule has 0 amide bonds. The molecule has 27 aromatic rings. The van der Waals surface area contributed by atoms with E-state index in [0.717, 1.165) is 183 Å². The molecule has 6 aromatic heterocycles. The Kier molecular flexibility index (Phi) is 22.3. The molecule has 0 atom stereocenters. The van der Waals surface area contributed by atoms with E-state index in [4.69, 9.17) is 65.0 Å². The summed E-state index contributed by atoms with van der Waals surface area (Å²) in [6.07, 6.45) is 0. The van der Waals surface area contributed by atoms with Gasteiger partial charge < -0.3 is 13.3 Å². The van der Waals surface area contributed by atoms with E-state index < -0.39 is 6.04 Å². The summed E-state index contributed by atoms with van der Waals surface area (Å²) in [5.74, 6) is 5.10. The molecule has 147 heavy (non-hydrogen) atoms. The van der Waals surface area contributed by atoms with Gasteiger partial charge in [0.05, 0.1) is 6.85 Å². The van der Waals surface area contributed by atoms with Gasteiger partial charge in [-0.3, -0.25) is 0 Å². The van der Waals surface area contributed by atoms with E-state index in [9.17, 15) is 0 Å². The highest BCUT2D eigenvalue weighted by atomic mass is 16.3. The third-order valence-corrected chi connectivity index (χ3v) is 26.6. The Morgan fingerprint density at radius 2 is 0.333 bits per heavy atom. The van der Waals surface area contributed by atoms with Crippen LogP contribution in [0.15, 0.2) is 541 Å². The van der Waals surface area contributed by atoms with Crippen molar-refractivity contribution in [3.05, 3.63) is 528 Å². The van der Waals surface area contributed by atoms with Gasteiger partial charge in [-0.05, 0) is 161 Å². The van der Waals surface area contributed by atoms with E-state index in [1.54, 1.807) is 12.1 Å². The third kappa shape index (κ3) is 17.9. The molecule has 0 spiro atoms. The van der Waals surface area contributed by atoms with Crippen LogP contribution in [0, 0.1) is 0 Å². The molecule has 0 aliphatic rings. The number of hydrogen-bond acceptors (Lipinski definition) is 12. The van der Waals surface area contributed by atoms with Crippen LogP contribution in [0.4, 0.5) is 0 Å². The smallest absolute Gasteiger partial charge is 0.164 e. The molecule has 0 saturated heterocycles. The molecule has 0 N–H and O–H groups in total. The first kappa shape index (κ1) is 82.9. The SMILES string of the molecule is [2H]c1c([2H])c([2H])c(-c2cccc3oc4cc(-c5nc(-c6ccc(-c7ccccc7)cc6)nc(-c6ccccc6-c6ccccc6)n5)ccc4c23)c([2H])c1[2H].c1ccc(-c2cccc(-c3nc(-c4ccc5c(c4)oc4cccc(-c6ccccc6)c45)nc(-c4ccccc4-c4ccccc4)n3)c2)cc1.c1ccc(-c2ccccc2-c2nc(-c3ccc4c(c3)oc3cccc(-c5ccccc5)c34)nc(-c3ccccc3-c3ccccc3)n2)cc1. The standard InChI is InChI=1S/3C45H29N3O/c1-4-15-30(16-5-1)34-21-10-12-23-37(34)44-46-43(47-45(48-44)38-24-13-11-22-35(38)31-17-6-2-7-18-31)33-27-28-39-41(29-33)49-40-26-14-25-36(42(39)40)32-19-8-3-9-20-32;1-4-14-30(15-5-1)33-20-12-21-34(28-33)43-46-44(48-45(47-43)38-23-11-10-22-36(38)31-16-6-2-7-17-31)35-26-27-39-41(29-35)49-40-25-13-24-37(42(39)40)32-18-8-3-9-19-32;1-4-13-30(14-5-1)31-23-25-34(26-24-31)43-46-44(48-45(47-43)38-20-11-10-19-36(38)32-15-6-2-7-16-32)35-27-28-39-41(29-35)49-40-22-12-21-37(42(39)40)33-17-8-3-9-18-33/h3*1-29H/i;;3D,8D,9D,17D,18D. The van der Waals surface area contributed by atoms with Crippen molar-refractivity contribution in [2.45, 2.75) is 0 Å². The fraction of sp³-hybridized carbons (Fsp3) is 0. The van der Waals surface area contributed by atoms with Crippen molar-refractivity contribution < 1.29 is 20.1 Å². The minimum atomic E-state index is -0.433. The van der Waals surface area contributed by atoms with Crippen LogP contribution in [0.1, 0.15) is 6.85 Å². The number of aromatic nitrogens is 9. The largest absolute Gasteiger partial charge is 0.456 e. The van der Waals surface area contributed by atoms with Crippen molar-refractivity contribution in [2.24, 2.45) is 0 Å². The van der Waals surface area contributed by atoms with Crippen LogP contribution < -0.4 is 0 Å². The van der Waals surface area contributed by atoms with Crippen LogP contribution in [-0.2, 0) is 0 Å². The summed E-state index contributed by atoms with van der Waals surface area (Å²) in [7, 11) is 0. The summed E-state index contributed by atoms with van der Waals surface area (Å²) in [6, 6.07) is 167. The molecular weight excluding hydrogens is 1800 g/mol. The lowest BCUT2D eigenvalue weighted by molar-refractivity contribution is 0.668. The molecule has 0 aliphatic carbocycles. The number of hydrogen-bond donors (Lipinski definition) is 0. The molecule has 0 saturated carbocycles. The molecule has 6 heterocycles. The highest BCUT2D eigenvalue weighted by molar-refractivity contribution is 6.16. The average Bonchev–Trinajstić information content (AvgIpc) is 1.56. The van der Waals surface area contributed by atoms with E-state index >= 15 is 0 Å². The van der Waals surface area contributed by atoms with E-state index in [1.165, 1.54) is 0 Å². The zero-order chi connectivity index (χ0) is 102. The fourth-order valence-electron chi connectivity index (χ4n) is 19.6. The number of nitrogens with zero attached hydrogens (tertiary/aromatic N) is 9. The highest BCUT2D eigenvalue weighted by Gasteiger charge is 2.26. The summed E-state index contributed by atoms with van der Waals surface area (Å²) in [5.41, 5.74) is 30.4. The molecular formula is C135H87N9O3. The predicted octanol–water partition coefficient (Wildman–Crippen LogP) is 35.3. The molecule has 12 nitrogen and oxygen atoms in total. The van der Waals surface area contributed by atoms with Gasteiger partial charge >= 0.3 is 0 Å². The van der Waals surface area contributed by atoms with Crippen LogP contribution in [0.5, 0.6) is 0 Å². The molecule has 690 valence electrons. The lowest BCUT2D eigenvalue weighted by Gasteiger charge is -2.14. The maximum absolute atomic E-state index is 8.64. The van der Waals surface area contributed by atoms with Crippen LogP contribution >= 0.6 is 0 Å². The lowest BCUT2D eigenvalue weighted by atomic mass is 9.98. The van der Waals surface area contributed by atoms with Gasteiger partial charge in [0.2, 0.25) is 0 Å². The minimum Gasteiger partial charge on any atom is -0.456 e. The minimum absolute atomic E-state index is 0.125. The van der Waals surface area contributed by atoms with Crippen LogP contribution in [0.25, 0.3) is 268 Å². The Bertz CT molecular complexity index is 9730. The van der Waals surface area contributed by atoms with Crippen LogP contribution in [0.3, 0.4) is 0 Å². The fourth-order valence-corrected chi connectivity index (χ4v) is 19.6. The summed E-state index contributed by atoms with van der Waals surface area (Å²) in [6.45, 7) is 0. The summed E-state index contributed by atoms with van der Waals surface area (Å²) < 4.78 is 61.2. The number of fused-ring (bicyclic) bond motifs is 9. The van der Waals surface area contributed by atoms with Gasteiger partial charge in [-0.2, -0.15) is 0 Å². The first-order valence-corrected chi connectivity index (χ1v) is 48.7. The van der Waals surface area contributed by atoms with Gasteiger partial charge in [0.1, 0.15) is 33.5 Å². The zero-order valence-corrected chi connectivity index (χ0v) is 79.1. The predicted molar refractivity (Wildman–Crippen MR) is 599 cm³/mol. The Morgan fingerprint density at radius 1 is 0.129 bits per heavy atom. The summed E-state index contributed by atoms with van der Waals surface area (Å²) in [4.78, 5) is 45.9. The second-order valence-electron chi connectivity index (χ2n) is 35.7. The second kappa shape index (κ2) is 39.6. The Hall–Kier alpha value is -20.0. The van der Waals surface area contributed by atoms with Crippen LogP contribution in [-0.4, -0.2) is 44.9 Å². The van der Waals surface area contributed by atoms with E-state index in [0.29, 0.717) is 80.1 Å². The van der Waals surface area contributed by atoms with E-state index in [2.05, 4.69) is 315 Å². The summed E-state index contributed by atoms with van der Waals surface area (Å²) >= 11 is 0. The van der Waals surface area contributed by atoms with Crippen molar-refractivity contribution in [3.8, 4) is 203 Å². The van der Waals surface area contributed by atoms with Gasteiger partial charge in [-0.25, -0.2) is 44.9 Å². The zero-order valence-electron chi connectivity index (χ0n) is 84.1. The van der Waals surface area contributed by atoms with Crippen molar-refractivity contribution in [1.82, 2.24) is 44.9 Å². The Labute approximate surface area is 855 Å². The van der Waals surface area contributed by atoms with Gasteiger partial charge in [0, 0.05) is 82.4 Å². The van der Waals surface area contributed by atoms with Gasteiger partial charge in [-0.1, -0.05) is 467 Å². The Balaban J connectivity index is 0.000000118. The van der Waals surface area contributed by atoms with Gasteiger partial charge in [0.15, 0.2) is 52.4 Å². The number of rotatable bonds is 18. The topological polar surface area (TPSA) is 155 Å². The van der Waals surface area contributed by atoms with Crippen molar-refractivity contribution in [1.29, 1.82) is 0 Å². The van der Waals surface area contributed by atoms with Gasteiger partial charge in [0.25, 0.3) is 0 Å². The molecule has 0 unspecified atom stereocenters. The first-order valence-electron chi connectivity index (χ1n) is 51.2. The van der Waals surface area contributed by atoms with Crippen molar-refractivity contribution >= 4 is 65.8 Å². The number of benzene rings is 21. The maximum atomic E-state index is 8.64. The van der Waals surface area contributed by atoms with Crippen molar-refractivity contribution in [3.63, 3.8) is 0 Å². The second-order valence-corrected chi connectivity index (χ2v) is 35.7. The molecule has 0 radical (unpaired) electrons. The summed E-state index contributed by atoms with van der Waals surface area (Å²) in [5, 5.41) is 5.69. The average molecular weight is 1890 g/mol. The maximum Gasteiger partial charge on any atom is 0.164 e. The molecule has 12 heteroatoms. The lowest BCUT2D eigenvalue weighted by Crippen LogP contribution is -2.02. The van der Waals surface area contributed by atoms with Crippen molar-refractivity contribution in [2.75, 3.05) is 0 Å². The quantitative estimate of drug-likeness (QED) is 0.0803. The number of furan rings is 3. The molecule has 0 bridgehead atoms. The molecule has 0 fully saturated rings. The highest BCUT2D eigenvalue weighted by Crippen LogP contribution is 2.46. The normalized spacial score (nSPS) is 11.7.